The maximum Gasteiger partial charge on any atom is 0.281 e. The average Bonchev–Trinajstić information content (AvgIpc) is 3.27. The van der Waals surface area contributed by atoms with Crippen molar-refractivity contribution in [3.8, 4) is 5.75 Å². The lowest BCUT2D eigenvalue weighted by Crippen LogP contribution is -2.18. The number of methoxy groups -OCH3 is 1. The van der Waals surface area contributed by atoms with Gasteiger partial charge in [0.2, 0.25) is 0 Å². The molecular weight excluding hydrogens is 374 g/mol. The summed E-state index contributed by atoms with van der Waals surface area (Å²) in [6.07, 6.45) is 0. The molecule has 142 valence electrons. The summed E-state index contributed by atoms with van der Waals surface area (Å²) in [5.41, 5.74) is 5.13. The van der Waals surface area contributed by atoms with Crippen LogP contribution in [0, 0.1) is 0 Å². The van der Waals surface area contributed by atoms with Crippen LogP contribution in [0.15, 0.2) is 71.1 Å². The lowest BCUT2D eigenvalue weighted by molar-refractivity contribution is 0.0958. The Labute approximate surface area is 166 Å². The quantitative estimate of drug-likeness (QED) is 0.487. The first-order chi connectivity index (χ1) is 13.6. The summed E-state index contributed by atoms with van der Waals surface area (Å²) in [4.78, 5) is 25.0. The van der Waals surface area contributed by atoms with E-state index in [9.17, 15) is 9.59 Å². The van der Waals surface area contributed by atoms with Crippen LogP contribution in [0.4, 0.5) is 5.69 Å². The van der Waals surface area contributed by atoms with Crippen molar-refractivity contribution < 1.29 is 14.3 Å². The molecule has 0 bridgehead atoms. The van der Waals surface area contributed by atoms with Gasteiger partial charge in [0.1, 0.15) is 5.75 Å². The minimum atomic E-state index is -0.252. The lowest BCUT2D eigenvalue weighted by Gasteiger charge is -2.08. The molecule has 2 aromatic carbocycles. The van der Waals surface area contributed by atoms with E-state index in [1.807, 2.05) is 23.6 Å². The van der Waals surface area contributed by atoms with Crippen molar-refractivity contribution in [1.82, 2.24) is 5.43 Å². The highest BCUT2D eigenvalue weighted by Gasteiger charge is 2.08. The highest BCUT2D eigenvalue weighted by Crippen LogP contribution is 2.16. The van der Waals surface area contributed by atoms with Crippen molar-refractivity contribution in [3.05, 3.63) is 82.0 Å². The first-order valence-electron chi connectivity index (χ1n) is 8.51. The molecule has 0 fully saturated rings. The normalized spacial score (nSPS) is 11.0. The zero-order valence-corrected chi connectivity index (χ0v) is 16.2. The Bertz CT molecular complexity index is 996. The fourth-order valence-corrected chi connectivity index (χ4v) is 3.04. The number of nitrogens with zero attached hydrogens (tertiary/aromatic N) is 1. The van der Waals surface area contributed by atoms with Gasteiger partial charge in [0.25, 0.3) is 11.8 Å². The fraction of sp³-hybridized carbons (Fsp3) is 0.0952. The number of hydrazone groups is 1. The van der Waals surface area contributed by atoms with Gasteiger partial charge in [0, 0.05) is 11.3 Å². The van der Waals surface area contributed by atoms with Crippen LogP contribution in [0.1, 0.15) is 32.5 Å². The van der Waals surface area contributed by atoms with Gasteiger partial charge in [-0.25, -0.2) is 5.43 Å². The van der Waals surface area contributed by atoms with Crippen LogP contribution in [-0.4, -0.2) is 24.6 Å². The van der Waals surface area contributed by atoms with Gasteiger partial charge in [-0.15, -0.1) is 11.3 Å². The molecule has 6 nitrogen and oxygen atoms in total. The van der Waals surface area contributed by atoms with Crippen LogP contribution in [0.2, 0.25) is 0 Å². The van der Waals surface area contributed by atoms with Crippen LogP contribution in [0.3, 0.4) is 0 Å². The first kappa shape index (κ1) is 19.3. The zero-order valence-electron chi connectivity index (χ0n) is 15.4. The molecule has 0 aliphatic carbocycles. The molecule has 0 saturated heterocycles. The molecule has 3 aromatic rings. The van der Waals surface area contributed by atoms with Gasteiger partial charge in [-0.1, -0.05) is 18.2 Å². The van der Waals surface area contributed by atoms with Crippen molar-refractivity contribution in [3.63, 3.8) is 0 Å². The van der Waals surface area contributed by atoms with Crippen molar-refractivity contribution in [2.75, 3.05) is 12.4 Å². The van der Waals surface area contributed by atoms with Gasteiger partial charge in [0.15, 0.2) is 0 Å². The number of carbonyl (C=O) groups is 2. The number of carbonyl (C=O) groups excluding carboxylic acids is 2. The second-order valence-corrected chi connectivity index (χ2v) is 6.83. The number of anilines is 1. The summed E-state index contributed by atoms with van der Waals surface area (Å²) in [5.74, 6) is 0.216. The molecule has 0 spiro atoms. The number of hydrogen-bond acceptors (Lipinski definition) is 5. The van der Waals surface area contributed by atoms with E-state index in [4.69, 9.17) is 4.74 Å². The molecule has 1 aromatic heterocycles. The number of hydrogen-bond donors (Lipinski definition) is 2. The maximum absolute atomic E-state index is 12.4. The van der Waals surface area contributed by atoms with Crippen LogP contribution in [0.5, 0.6) is 5.75 Å². The van der Waals surface area contributed by atoms with Gasteiger partial charge in [-0.3, -0.25) is 9.59 Å². The smallest absolute Gasteiger partial charge is 0.281 e. The number of benzene rings is 2. The number of rotatable bonds is 6. The summed E-state index contributed by atoms with van der Waals surface area (Å²) < 4.78 is 5.10. The second kappa shape index (κ2) is 8.96. The Hall–Kier alpha value is -3.45. The number of thiophene rings is 1. The molecule has 0 aliphatic rings. The third-order valence-electron chi connectivity index (χ3n) is 3.96. The summed E-state index contributed by atoms with van der Waals surface area (Å²) in [5, 5.41) is 8.84. The van der Waals surface area contributed by atoms with E-state index in [0.29, 0.717) is 27.6 Å². The van der Waals surface area contributed by atoms with E-state index in [1.54, 1.807) is 56.5 Å². The van der Waals surface area contributed by atoms with Gasteiger partial charge < -0.3 is 10.1 Å². The van der Waals surface area contributed by atoms with Crippen molar-refractivity contribution >= 4 is 34.6 Å². The number of ether oxygens (including phenoxy) is 1. The Morgan fingerprint density at radius 3 is 2.43 bits per heavy atom. The molecule has 28 heavy (non-hydrogen) atoms. The molecule has 7 heteroatoms. The van der Waals surface area contributed by atoms with Crippen molar-refractivity contribution in [2.24, 2.45) is 5.10 Å². The predicted molar refractivity (Wildman–Crippen MR) is 111 cm³/mol. The summed E-state index contributed by atoms with van der Waals surface area (Å²) in [7, 11) is 1.58. The highest BCUT2D eigenvalue weighted by atomic mass is 32.1. The summed E-state index contributed by atoms with van der Waals surface area (Å²) in [6.45, 7) is 1.79. The van der Waals surface area contributed by atoms with Crippen molar-refractivity contribution in [1.29, 1.82) is 0 Å². The summed E-state index contributed by atoms with van der Waals surface area (Å²) in [6, 6.07) is 17.7. The van der Waals surface area contributed by atoms with E-state index in [0.717, 1.165) is 5.56 Å². The molecule has 0 atom stereocenters. The fourth-order valence-electron chi connectivity index (χ4n) is 2.43. The molecule has 2 N–H and O–H groups in total. The van der Waals surface area contributed by atoms with Crippen LogP contribution in [-0.2, 0) is 0 Å². The second-order valence-electron chi connectivity index (χ2n) is 5.88. The van der Waals surface area contributed by atoms with Crippen LogP contribution in [0.25, 0.3) is 0 Å². The molecule has 0 aliphatic heterocycles. The Morgan fingerprint density at radius 1 is 0.964 bits per heavy atom. The molecular formula is C21H19N3O3S. The minimum Gasteiger partial charge on any atom is -0.497 e. The van der Waals surface area contributed by atoms with E-state index >= 15 is 0 Å². The van der Waals surface area contributed by atoms with Crippen molar-refractivity contribution in [2.45, 2.75) is 6.92 Å². The molecule has 3 rings (SSSR count). The summed E-state index contributed by atoms with van der Waals surface area (Å²) >= 11 is 1.35. The average molecular weight is 393 g/mol. The lowest BCUT2D eigenvalue weighted by atomic mass is 10.1. The number of amides is 2. The molecule has 0 unspecified atom stereocenters. The zero-order chi connectivity index (χ0) is 19.9. The minimum absolute atomic E-state index is 0.222. The van der Waals surface area contributed by atoms with E-state index < -0.39 is 0 Å². The monoisotopic (exact) mass is 393 g/mol. The third kappa shape index (κ3) is 4.83. The molecule has 2 amide bonds. The molecule has 1 heterocycles. The van der Waals surface area contributed by atoms with Gasteiger partial charge in [-0.05, 0) is 60.3 Å². The topological polar surface area (TPSA) is 79.8 Å². The predicted octanol–water partition coefficient (Wildman–Crippen LogP) is 4.16. The standard InChI is InChI=1S/C21H19N3O3S/c1-14(23-24-21(26)19-7-4-12-28-19)16-5-3-6-17(13-16)22-20(25)15-8-10-18(27-2)11-9-15/h3-13H,1-2H3,(H,22,25)(H,24,26)/b23-14+. The first-order valence-corrected chi connectivity index (χ1v) is 9.39. The van der Waals surface area contributed by atoms with Gasteiger partial charge in [0.05, 0.1) is 17.7 Å². The number of nitrogens with one attached hydrogen (secondary N) is 2. The third-order valence-corrected chi connectivity index (χ3v) is 4.83. The van der Waals surface area contributed by atoms with E-state index in [1.165, 1.54) is 11.3 Å². The highest BCUT2D eigenvalue weighted by molar-refractivity contribution is 7.12. The maximum atomic E-state index is 12.4. The SMILES string of the molecule is COc1ccc(C(=O)Nc2cccc(/C(C)=N/NC(=O)c3cccs3)c2)cc1. The molecule has 0 radical (unpaired) electrons. The molecule has 0 saturated carbocycles. The van der Waals surface area contributed by atoms with Crippen LogP contribution >= 0.6 is 11.3 Å². The Morgan fingerprint density at radius 2 is 1.75 bits per heavy atom. The Kier molecular flexibility index (Phi) is 6.18. The van der Waals surface area contributed by atoms with Gasteiger partial charge >= 0.3 is 0 Å². The van der Waals surface area contributed by atoms with E-state index in [2.05, 4.69) is 15.8 Å². The van der Waals surface area contributed by atoms with E-state index in [-0.39, 0.29) is 11.8 Å². The van der Waals surface area contributed by atoms with Crippen LogP contribution < -0.4 is 15.5 Å². The Balaban J connectivity index is 1.67. The largest absolute Gasteiger partial charge is 0.497 e. The van der Waals surface area contributed by atoms with Gasteiger partial charge in [-0.2, -0.15) is 5.10 Å².